The molecule has 0 spiro atoms. The lowest BCUT2D eigenvalue weighted by Gasteiger charge is -2.44. The van der Waals surface area contributed by atoms with Gasteiger partial charge in [0.25, 0.3) is 5.56 Å². The van der Waals surface area contributed by atoms with Gasteiger partial charge in [-0.1, -0.05) is 18.5 Å². The second-order valence-electron chi connectivity index (χ2n) is 8.34. The van der Waals surface area contributed by atoms with E-state index in [1.165, 1.54) is 0 Å². The molecule has 0 bridgehead atoms. The number of halogens is 4. The molecule has 1 aromatic carbocycles. The quantitative estimate of drug-likeness (QED) is 0.553. The standard InChI is InChI=1S/C22H28ClF3N2O2/c1-2-19(27)21(7-3-8-22(24,25)26)9-4-15(5-10-21)30-18-12-14-6-11-28-20(29)16(14)13-17(18)23/h6,11-13,15,19H,2-5,7-10,27H2,1H3,(H,28,29)/t15-,19?,21+. The number of aromatic nitrogens is 1. The van der Waals surface area contributed by atoms with E-state index < -0.39 is 12.6 Å². The number of hydrogen-bond acceptors (Lipinski definition) is 3. The van der Waals surface area contributed by atoms with Crippen molar-refractivity contribution in [3.63, 3.8) is 0 Å². The van der Waals surface area contributed by atoms with Gasteiger partial charge in [0.05, 0.1) is 11.1 Å². The van der Waals surface area contributed by atoms with Crippen LogP contribution in [0.4, 0.5) is 13.2 Å². The molecule has 1 aromatic heterocycles. The highest BCUT2D eigenvalue weighted by molar-refractivity contribution is 6.32. The van der Waals surface area contributed by atoms with Crippen LogP contribution >= 0.6 is 11.6 Å². The maximum Gasteiger partial charge on any atom is 0.389 e. The molecule has 2 aromatic rings. The number of ether oxygens (including phenoxy) is 1. The highest BCUT2D eigenvalue weighted by Crippen LogP contribution is 2.45. The Balaban J connectivity index is 1.68. The SMILES string of the molecule is CCC(N)[C@]1(CCCC(F)(F)F)CC[C@H](Oc2cc3cc[nH]c(=O)c3cc2Cl)CC1. The number of nitrogens with one attached hydrogen (secondary N) is 1. The predicted molar refractivity (Wildman–Crippen MR) is 113 cm³/mol. The minimum Gasteiger partial charge on any atom is -0.489 e. The lowest BCUT2D eigenvalue weighted by Crippen LogP contribution is -2.45. The molecule has 0 amide bonds. The van der Waals surface area contributed by atoms with Gasteiger partial charge >= 0.3 is 6.18 Å². The maximum atomic E-state index is 12.6. The minimum absolute atomic E-state index is 0.0817. The van der Waals surface area contributed by atoms with Crippen molar-refractivity contribution in [2.45, 2.75) is 76.6 Å². The Morgan fingerprint density at radius 1 is 1.33 bits per heavy atom. The number of fused-ring (bicyclic) bond motifs is 1. The van der Waals surface area contributed by atoms with Crippen LogP contribution in [0.5, 0.6) is 5.75 Å². The fourth-order valence-electron chi connectivity index (χ4n) is 4.62. The van der Waals surface area contributed by atoms with E-state index in [1.54, 1.807) is 24.4 Å². The third kappa shape index (κ3) is 5.30. The highest BCUT2D eigenvalue weighted by atomic mass is 35.5. The highest BCUT2D eigenvalue weighted by Gasteiger charge is 2.40. The monoisotopic (exact) mass is 444 g/mol. The van der Waals surface area contributed by atoms with Crippen molar-refractivity contribution in [3.8, 4) is 5.75 Å². The zero-order chi connectivity index (χ0) is 21.9. The van der Waals surface area contributed by atoms with Crippen LogP contribution in [0.3, 0.4) is 0 Å². The molecule has 3 rings (SSSR count). The molecule has 0 aliphatic heterocycles. The van der Waals surface area contributed by atoms with E-state index in [1.807, 2.05) is 6.92 Å². The van der Waals surface area contributed by atoms with Crippen molar-refractivity contribution < 1.29 is 17.9 Å². The summed E-state index contributed by atoms with van der Waals surface area (Å²) in [6.45, 7) is 1.98. The Bertz CT molecular complexity index is 921. The number of nitrogens with two attached hydrogens (primary N) is 1. The molecule has 0 radical (unpaired) electrons. The zero-order valence-electron chi connectivity index (χ0n) is 17.0. The van der Waals surface area contributed by atoms with E-state index in [0.717, 1.165) is 24.6 Å². The Morgan fingerprint density at radius 2 is 2.03 bits per heavy atom. The first kappa shape index (κ1) is 22.9. The van der Waals surface area contributed by atoms with Gasteiger partial charge in [-0.2, -0.15) is 13.2 Å². The number of aromatic amines is 1. The number of rotatable bonds is 7. The van der Waals surface area contributed by atoms with Gasteiger partial charge in [-0.05, 0) is 73.9 Å². The summed E-state index contributed by atoms with van der Waals surface area (Å²) in [6, 6.07) is 5.02. The summed E-state index contributed by atoms with van der Waals surface area (Å²) in [5.41, 5.74) is 5.87. The van der Waals surface area contributed by atoms with E-state index in [-0.39, 0.29) is 29.5 Å². The fourth-order valence-corrected chi connectivity index (χ4v) is 4.83. The lowest BCUT2D eigenvalue weighted by atomic mass is 9.65. The summed E-state index contributed by atoms with van der Waals surface area (Å²) < 4.78 is 44.0. The zero-order valence-corrected chi connectivity index (χ0v) is 17.8. The average molecular weight is 445 g/mol. The van der Waals surface area contributed by atoms with Gasteiger partial charge in [-0.15, -0.1) is 0 Å². The smallest absolute Gasteiger partial charge is 0.389 e. The van der Waals surface area contributed by atoms with Gasteiger partial charge in [0, 0.05) is 24.0 Å². The fraction of sp³-hybridized carbons (Fsp3) is 0.591. The summed E-state index contributed by atoms with van der Waals surface area (Å²) >= 11 is 6.33. The van der Waals surface area contributed by atoms with Crippen LogP contribution in [0.2, 0.25) is 5.02 Å². The number of pyridine rings is 1. The molecule has 4 nitrogen and oxygen atoms in total. The van der Waals surface area contributed by atoms with Gasteiger partial charge in [0.15, 0.2) is 0 Å². The maximum absolute atomic E-state index is 12.6. The van der Waals surface area contributed by atoms with Crippen LogP contribution < -0.4 is 16.0 Å². The van der Waals surface area contributed by atoms with Crippen LogP contribution in [0.15, 0.2) is 29.2 Å². The Labute approximate surface area is 178 Å². The average Bonchev–Trinajstić information content (AvgIpc) is 2.69. The lowest BCUT2D eigenvalue weighted by molar-refractivity contribution is -0.137. The third-order valence-corrected chi connectivity index (χ3v) is 6.70. The molecule has 1 unspecified atom stereocenters. The van der Waals surface area contributed by atoms with E-state index in [0.29, 0.717) is 35.4 Å². The van der Waals surface area contributed by atoms with Crippen LogP contribution in [0.1, 0.15) is 58.3 Å². The third-order valence-electron chi connectivity index (χ3n) is 6.41. The molecular formula is C22H28ClF3N2O2. The van der Waals surface area contributed by atoms with Crippen LogP contribution in [0.25, 0.3) is 10.8 Å². The van der Waals surface area contributed by atoms with Crippen LogP contribution in [-0.4, -0.2) is 23.3 Å². The van der Waals surface area contributed by atoms with Gasteiger partial charge in [-0.25, -0.2) is 0 Å². The molecule has 1 fully saturated rings. The molecule has 3 N–H and O–H groups in total. The number of H-pyrrole nitrogens is 1. The molecule has 1 aliphatic carbocycles. The summed E-state index contributed by atoms with van der Waals surface area (Å²) in [5.74, 6) is 0.518. The van der Waals surface area contributed by atoms with E-state index in [2.05, 4.69) is 4.98 Å². The minimum atomic E-state index is -4.13. The molecule has 30 heavy (non-hydrogen) atoms. The molecular weight excluding hydrogens is 417 g/mol. The molecule has 0 saturated heterocycles. The molecule has 8 heteroatoms. The number of alkyl halides is 3. The van der Waals surface area contributed by atoms with E-state index in [4.69, 9.17) is 22.1 Å². The first-order valence-electron chi connectivity index (χ1n) is 10.4. The van der Waals surface area contributed by atoms with Crippen LogP contribution in [-0.2, 0) is 0 Å². The van der Waals surface area contributed by atoms with Crippen molar-refractivity contribution >= 4 is 22.4 Å². The molecule has 1 atom stereocenters. The van der Waals surface area contributed by atoms with Crippen molar-refractivity contribution in [1.29, 1.82) is 0 Å². The van der Waals surface area contributed by atoms with Crippen LogP contribution in [0, 0.1) is 5.41 Å². The number of hydrogen-bond donors (Lipinski definition) is 2. The van der Waals surface area contributed by atoms with Gasteiger partial charge in [0.2, 0.25) is 0 Å². The van der Waals surface area contributed by atoms with Crippen molar-refractivity contribution in [3.05, 3.63) is 39.8 Å². The van der Waals surface area contributed by atoms with Crippen molar-refractivity contribution in [2.75, 3.05) is 0 Å². The molecule has 1 saturated carbocycles. The second-order valence-corrected chi connectivity index (χ2v) is 8.75. The summed E-state index contributed by atoms with van der Waals surface area (Å²) in [7, 11) is 0. The van der Waals surface area contributed by atoms with Crippen molar-refractivity contribution in [2.24, 2.45) is 11.1 Å². The van der Waals surface area contributed by atoms with Crippen molar-refractivity contribution in [1.82, 2.24) is 4.98 Å². The largest absolute Gasteiger partial charge is 0.489 e. The van der Waals surface area contributed by atoms with Gasteiger partial charge in [0.1, 0.15) is 5.75 Å². The Morgan fingerprint density at radius 3 is 2.67 bits per heavy atom. The first-order chi connectivity index (χ1) is 14.1. The molecule has 1 heterocycles. The van der Waals surface area contributed by atoms with Gasteiger partial charge in [-0.3, -0.25) is 4.79 Å². The summed E-state index contributed by atoms with van der Waals surface area (Å²) in [5, 5.41) is 1.60. The molecule has 166 valence electrons. The van der Waals surface area contributed by atoms with Gasteiger partial charge < -0.3 is 15.5 Å². The normalized spacial score (nSPS) is 23.5. The predicted octanol–water partition coefficient (Wildman–Crippen LogP) is 5.96. The van der Waals surface area contributed by atoms with E-state index in [9.17, 15) is 18.0 Å². The number of benzene rings is 1. The molecule has 1 aliphatic rings. The Hall–Kier alpha value is -1.73. The topological polar surface area (TPSA) is 68.1 Å². The second kappa shape index (κ2) is 9.18. The first-order valence-corrected chi connectivity index (χ1v) is 10.8. The summed E-state index contributed by atoms with van der Waals surface area (Å²) in [4.78, 5) is 14.5. The van der Waals surface area contributed by atoms with E-state index >= 15 is 0 Å². The summed E-state index contributed by atoms with van der Waals surface area (Å²) in [6.07, 6.45) is 0.803. The Kier molecular flexibility index (Phi) is 7.02.